The quantitative estimate of drug-likeness (QED) is 0.339. The maximum atomic E-state index is 14.2. The largest absolute Gasteiger partial charge is 0.491 e. The number of carbonyl (C=O) groups excluding carboxylic acids is 3. The van der Waals surface area contributed by atoms with E-state index in [-0.39, 0.29) is 55.8 Å². The Morgan fingerprint density at radius 2 is 1.93 bits per heavy atom. The van der Waals surface area contributed by atoms with Crippen molar-refractivity contribution in [3.63, 3.8) is 0 Å². The van der Waals surface area contributed by atoms with Crippen LogP contribution in [-0.4, -0.2) is 74.5 Å². The third-order valence-electron chi connectivity index (χ3n) is 7.72. The Balaban J connectivity index is 1.34. The summed E-state index contributed by atoms with van der Waals surface area (Å²) in [7, 11) is 0. The Labute approximate surface area is 264 Å². The number of hydrogen-bond acceptors (Lipinski definition) is 8. The van der Waals surface area contributed by atoms with E-state index < -0.39 is 29.4 Å². The third-order valence-corrected chi connectivity index (χ3v) is 7.72. The molecule has 2 aromatic heterocycles. The topological polar surface area (TPSA) is 154 Å². The molecule has 14 heteroatoms. The van der Waals surface area contributed by atoms with E-state index in [1.807, 2.05) is 32.9 Å². The van der Waals surface area contributed by atoms with Crippen LogP contribution in [-0.2, 0) is 29.1 Å². The zero-order valence-electron chi connectivity index (χ0n) is 26.1. The molecule has 2 aromatic carbocycles. The summed E-state index contributed by atoms with van der Waals surface area (Å²) >= 11 is 0. The second kappa shape index (κ2) is 14.4. The lowest BCUT2D eigenvalue weighted by molar-refractivity contribution is -0.132. The summed E-state index contributed by atoms with van der Waals surface area (Å²) < 4.78 is 28.4. The van der Waals surface area contributed by atoms with Crippen LogP contribution in [0.3, 0.4) is 0 Å². The molecule has 0 fully saturated rings. The molecule has 5 rings (SSSR count). The number of amides is 3. The van der Waals surface area contributed by atoms with E-state index in [1.165, 1.54) is 16.7 Å². The summed E-state index contributed by atoms with van der Waals surface area (Å²) in [5, 5.41) is 13.9. The smallest absolute Gasteiger partial charge is 0.419 e. The minimum Gasteiger partial charge on any atom is -0.491 e. The molecule has 3 amide bonds. The van der Waals surface area contributed by atoms with Gasteiger partial charge in [-0.25, -0.2) is 13.9 Å². The fourth-order valence-corrected chi connectivity index (χ4v) is 5.35. The van der Waals surface area contributed by atoms with Gasteiger partial charge in [-0.3, -0.25) is 19.0 Å². The van der Waals surface area contributed by atoms with Crippen LogP contribution in [0.1, 0.15) is 48.3 Å². The number of fused-ring (bicyclic) bond motifs is 4. The van der Waals surface area contributed by atoms with Crippen LogP contribution >= 0.6 is 0 Å². The number of hydrogen-bond donors (Lipinski definition) is 2. The van der Waals surface area contributed by atoms with Gasteiger partial charge in [0, 0.05) is 45.2 Å². The average Bonchev–Trinajstić information content (AvgIpc) is 3.59. The molecule has 244 valence electrons. The predicted octanol–water partition coefficient (Wildman–Crippen LogP) is 2.45. The van der Waals surface area contributed by atoms with Crippen molar-refractivity contribution >= 4 is 28.8 Å². The van der Waals surface area contributed by atoms with E-state index in [2.05, 4.69) is 20.9 Å². The minimum absolute atomic E-state index is 0.0293. The summed E-state index contributed by atoms with van der Waals surface area (Å²) in [6.07, 6.45) is 2.51. The van der Waals surface area contributed by atoms with Crippen molar-refractivity contribution in [2.45, 2.75) is 59.2 Å². The van der Waals surface area contributed by atoms with Crippen LogP contribution in [0.25, 0.3) is 11.1 Å². The number of benzene rings is 2. The Morgan fingerprint density at radius 3 is 2.74 bits per heavy atom. The summed E-state index contributed by atoms with van der Waals surface area (Å²) in [4.78, 5) is 54.2. The van der Waals surface area contributed by atoms with Crippen LogP contribution in [0.2, 0.25) is 0 Å². The normalized spacial score (nSPS) is 16.7. The van der Waals surface area contributed by atoms with Crippen molar-refractivity contribution in [3.05, 3.63) is 75.8 Å². The number of ether oxygens (including phenoxy) is 1. The first-order valence-corrected chi connectivity index (χ1v) is 15.3. The Bertz CT molecular complexity index is 1780. The average molecular weight is 636 g/mol. The number of nitrogens with zero attached hydrogens (tertiary/aromatic N) is 5. The maximum absolute atomic E-state index is 14.2. The number of carbonyl (C=O) groups is 3. The standard InChI is InChI=1S/C32H38FN7O6/c1-20(2)16-25-31(43)34-10-13-38(29(41)9-12-40-26-17-21(3)4-6-28(26)46-32(40)44)11-8-23-19-39(37-36-23)14-15-45-27-7-5-22(33)18-24(27)30(42)35-25/h4-7,17-20,25H,8-16H2,1-3H3,(H,34,43)(H,35,42)/t25-/m1/s1. The van der Waals surface area contributed by atoms with Crippen LogP contribution in [0.15, 0.2) is 51.8 Å². The van der Waals surface area contributed by atoms with E-state index >= 15 is 0 Å². The first-order chi connectivity index (χ1) is 22.1. The molecule has 1 aliphatic heterocycles. The number of aromatic nitrogens is 4. The molecule has 0 spiro atoms. The molecule has 46 heavy (non-hydrogen) atoms. The SMILES string of the molecule is Cc1ccc2oc(=O)n(CCC(=O)N3CCNC(=O)[C@@H](CC(C)C)NC(=O)c4cc(F)ccc4OCCn4cc(nn4)CC3)c2c1. The fraction of sp³-hybridized carbons (Fsp3) is 0.438. The van der Waals surface area contributed by atoms with Crippen molar-refractivity contribution < 1.29 is 27.9 Å². The molecule has 1 aliphatic rings. The molecule has 0 unspecified atom stereocenters. The molecule has 0 saturated heterocycles. The van der Waals surface area contributed by atoms with Crippen LogP contribution < -0.4 is 21.1 Å². The van der Waals surface area contributed by atoms with E-state index in [1.54, 1.807) is 21.8 Å². The Morgan fingerprint density at radius 1 is 1.11 bits per heavy atom. The Hall–Kier alpha value is -5.01. The first-order valence-electron chi connectivity index (χ1n) is 15.3. The van der Waals surface area contributed by atoms with Crippen molar-refractivity contribution in [2.75, 3.05) is 26.2 Å². The summed E-state index contributed by atoms with van der Waals surface area (Å²) in [5.41, 5.74) is 2.65. The van der Waals surface area contributed by atoms with Gasteiger partial charge in [0.15, 0.2) is 5.58 Å². The van der Waals surface area contributed by atoms with Gasteiger partial charge in [-0.05, 0) is 55.2 Å². The van der Waals surface area contributed by atoms with Gasteiger partial charge < -0.3 is 24.7 Å². The van der Waals surface area contributed by atoms with Crippen LogP contribution in [0.5, 0.6) is 5.75 Å². The zero-order chi connectivity index (χ0) is 32.8. The van der Waals surface area contributed by atoms with Gasteiger partial charge in [0.05, 0.1) is 23.3 Å². The van der Waals surface area contributed by atoms with Gasteiger partial charge >= 0.3 is 5.76 Å². The molecule has 2 N–H and O–H groups in total. The van der Waals surface area contributed by atoms with E-state index in [0.29, 0.717) is 42.7 Å². The number of aryl methyl sites for hydroxylation is 2. The molecule has 2 bridgehead atoms. The molecule has 4 aromatic rings. The zero-order valence-corrected chi connectivity index (χ0v) is 26.1. The summed E-state index contributed by atoms with van der Waals surface area (Å²) in [6, 6.07) is 8.17. The molecule has 0 saturated carbocycles. The second-order valence-electron chi connectivity index (χ2n) is 11.8. The van der Waals surface area contributed by atoms with E-state index in [4.69, 9.17) is 9.15 Å². The third kappa shape index (κ3) is 7.98. The molecular weight excluding hydrogens is 597 g/mol. The van der Waals surface area contributed by atoms with Crippen molar-refractivity contribution in [1.82, 2.24) is 35.1 Å². The minimum atomic E-state index is -0.902. The molecular formula is C32H38FN7O6. The van der Waals surface area contributed by atoms with Gasteiger partial charge in [0.2, 0.25) is 11.8 Å². The fourth-order valence-electron chi connectivity index (χ4n) is 5.35. The number of rotatable bonds is 5. The molecule has 3 heterocycles. The van der Waals surface area contributed by atoms with E-state index in [0.717, 1.165) is 11.6 Å². The number of halogens is 1. The molecule has 13 nitrogen and oxygen atoms in total. The lowest BCUT2D eigenvalue weighted by Gasteiger charge is -2.24. The highest BCUT2D eigenvalue weighted by atomic mass is 19.1. The van der Waals surface area contributed by atoms with Gasteiger partial charge in [-0.1, -0.05) is 25.1 Å². The number of oxazole rings is 1. The van der Waals surface area contributed by atoms with Gasteiger partial charge in [0.25, 0.3) is 5.91 Å². The highest BCUT2D eigenvalue weighted by molar-refractivity contribution is 5.99. The summed E-state index contributed by atoms with van der Waals surface area (Å²) in [5.74, 6) is -2.20. The maximum Gasteiger partial charge on any atom is 0.419 e. The lowest BCUT2D eigenvalue weighted by atomic mass is 10.0. The predicted molar refractivity (Wildman–Crippen MR) is 166 cm³/mol. The van der Waals surface area contributed by atoms with Crippen molar-refractivity contribution in [1.29, 1.82) is 0 Å². The summed E-state index contributed by atoms with van der Waals surface area (Å²) in [6.45, 7) is 6.90. The molecule has 0 radical (unpaired) electrons. The monoisotopic (exact) mass is 635 g/mol. The van der Waals surface area contributed by atoms with Gasteiger partial charge in [-0.2, -0.15) is 0 Å². The highest BCUT2D eigenvalue weighted by Gasteiger charge is 2.25. The lowest BCUT2D eigenvalue weighted by Crippen LogP contribution is -2.49. The van der Waals surface area contributed by atoms with Gasteiger partial charge in [-0.15, -0.1) is 5.10 Å². The van der Waals surface area contributed by atoms with Gasteiger partial charge in [0.1, 0.15) is 24.2 Å². The van der Waals surface area contributed by atoms with Crippen LogP contribution in [0.4, 0.5) is 4.39 Å². The van der Waals surface area contributed by atoms with Crippen LogP contribution in [0, 0.1) is 18.7 Å². The molecule has 1 atom stereocenters. The highest BCUT2D eigenvalue weighted by Crippen LogP contribution is 2.21. The van der Waals surface area contributed by atoms with Crippen molar-refractivity contribution in [3.8, 4) is 5.75 Å². The van der Waals surface area contributed by atoms with Crippen molar-refractivity contribution in [2.24, 2.45) is 5.92 Å². The second-order valence-corrected chi connectivity index (χ2v) is 11.8. The number of nitrogens with one attached hydrogen (secondary N) is 2. The Kier molecular flexibility index (Phi) is 10.1. The van der Waals surface area contributed by atoms with E-state index in [9.17, 15) is 23.6 Å². The molecule has 0 aliphatic carbocycles. The first kappa shape index (κ1) is 32.4.